The van der Waals surface area contributed by atoms with Gasteiger partial charge in [0, 0.05) is 6.42 Å². The average molecular weight is 250 g/mol. The molecule has 0 heterocycles. The summed E-state index contributed by atoms with van der Waals surface area (Å²) in [6.45, 7) is 7.02. The van der Waals surface area contributed by atoms with Crippen molar-refractivity contribution in [1.29, 1.82) is 0 Å². The molecular formula is C14H18O4. The quantitative estimate of drug-likeness (QED) is 0.609. The Bertz CT molecular complexity index is 449. The fraction of sp³-hybridized carbons (Fsp3) is 0.429. The van der Waals surface area contributed by atoms with Crippen molar-refractivity contribution < 1.29 is 19.1 Å². The molecule has 0 radical (unpaired) electrons. The Morgan fingerprint density at radius 3 is 2.50 bits per heavy atom. The number of para-hydroxylation sites is 1. The van der Waals surface area contributed by atoms with Gasteiger partial charge in [0.1, 0.15) is 11.3 Å². The van der Waals surface area contributed by atoms with Crippen molar-refractivity contribution in [2.75, 3.05) is 0 Å². The normalized spacial score (nSPS) is 10.3. The molecule has 0 atom stereocenters. The molecule has 0 fully saturated rings. The van der Waals surface area contributed by atoms with E-state index in [1.165, 1.54) is 0 Å². The molecular weight excluding hydrogens is 232 g/mol. The van der Waals surface area contributed by atoms with Gasteiger partial charge in [0.15, 0.2) is 0 Å². The molecule has 1 aromatic carbocycles. The van der Waals surface area contributed by atoms with Crippen LogP contribution in [0.4, 0.5) is 0 Å². The monoisotopic (exact) mass is 250 g/mol. The zero-order chi connectivity index (χ0) is 13.7. The molecule has 0 aromatic heterocycles. The first-order valence-corrected chi connectivity index (χ1v) is 5.97. The van der Waals surface area contributed by atoms with Crippen LogP contribution in [0, 0.1) is 6.92 Å². The lowest BCUT2D eigenvalue weighted by atomic mass is 10.1. The van der Waals surface area contributed by atoms with Crippen LogP contribution in [0.2, 0.25) is 0 Å². The van der Waals surface area contributed by atoms with Gasteiger partial charge in [-0.05, 0) is 32.4 Å². The SMILES string of the molecule is CCC(=O)Oc1c(C)cccc1C(=O)OC(C)C. The van der Waals surface area contributed by atoms with Crippen LogP contribution < -0.4 is 4.74 Å². The second-order valence-corrected chi connectivity index (χ2v) is 4.23. The summed E-state index contributed by atoms with van der Waals surface area (Å²) < 4.78 is 10.3. The summed E-state index contributed by atoms with van der Waals surface area (Å²) in [5.41, 5.74) is 1.01. The second kappa shape index (κ2) is 6.19. The molecule has 0 unspecified atom stereocenters. The number of benzene rings is 1. The average Bonchev–Trinajstić information content (AvgIpc) is 2.30. The molecule has 0 bridgehead atoms. The van der Waals surface area contributed by atoms with E-state index in [1.807, 2.05) is 0 Å². The van der Waals surface area contributed by atoms with E-state index >= 15 is 0 Å². The molecule has 0 N–H and O–H groups in total. The third kappa shape index (κ3) is 3.58. The third-order valence-electron chi connectivity index (χ3n) is 2.28. The highest BCUT2D eigenvalue weighted by Crippen LogP contribution is 2.25. The molecule has 4 heteroatoms. The van der Waals surface area contributed by atoms with Gasteiger partial charge in [-0.3, -0.25) is 4.79 Å². The number of esters is 2. The highest BCUT2D eigenvalue weighted by Gasteiger charge is 2.18. The first-order chi connectivity index (χ1) is 8.45. The largest absolute Gasteiger partial charge is 0.459 e. The number of rotatable bonds is 4. The predicted octanol–water partition coefficient (Wildman–Crippen LogP) is 2.88. The lowest BCUT2D eigenvalue weighted by Gasteiger charge is -2.13. The van der Waals surface area contributed by atoms with E-state index in [9.17, 15) is 9.59 Å². The molecule has 1 rings (SSSR count). The van der Waals surface area contributed by atoms with E-state index in [0.29, 0.717) is 0 Å². The molecule has 98 valence electrons. The number of aryl methyl sites for hydroxylation is 1. The van der Waals surface area contributed by atoms with Gasteiger partial charge in [-0.25, -0.2) is 4.79 Å². The summed E-state index contributed by atoms with van der Waals surface area (Å²) >= 11 is 0. The molecule has 0 spiro atoms. The molecule has 0 aliphatic rings. The Morgan fingerprint density at radius 2 is 1.94 bits per heavy atom. The van der Waals surface area contributed by atoms with Crippen LogP contribution in [0.15, 0.2) is 18.2 Å². The van der Waals surface area contributed by atoms with Crippen molar-refractivity contribution in [2.45, 2.75) is 40.2 Å². The number of hydrogen-bond donors (Lipinski definition) is 0. The van der Waals surface area contributed by atoms with E-state index in [-0.39, 0.29) is 29.8 Å². The van der Waals surface area contributed by atoms with E-state index in [1.54, 1.807) is 45.9 Å². The Kier molecular flexibility index (Phi) is 4.89. The van der Waals surface area contributed by atoms with Crippen LogP contribution in [0.1, 0.15) is 43.1 Å². The van der Waals surface area contributed by atoms with E-state index < -0.39 is 5.97 Å². The van der Waals surface area contributed by atoms with Crippen molar-refractivity contribution in [3.05, 3.63) is 29.3 Å². The van der Waals surface area contributed by atoms with Crippen molar-refractivity contribution in [3.8, 4) is 5.75 Å². The van der Waals surface area contributed by atoms with Crippen molar-refractivity contribution in [1.82, 2.24) is 0 Å². The van der Waals surface area contributed by atoms with Crippen molar-refractivity contribution >= 4 is 11.9 Å². The molecule has 0 aliphatic heterocycles. The number of ether oxygens (including phenoxy) is 2. The minimum absolute atomic E-state index is 0.215. The fourth-order valence-corrected chi connectivity index (χ4v) is 1.41. The molecule has 0 amide bonds. The van der Waals surface area contributed by atoms with Crippen LogP contribution >= 0.6 is 0 Å². The Balaban J connectivity index is 3.07. The smallest absolute Gasteiger partial charge is 0.342 e. The van der Waals surface area contributed by atoms with Gasteiger partial charge < -0.3 is 9.47 Å². The maximum Gasteiger partial charge on any atom is 0.342 e. The van der Waals surface area contributed by atoms with Gasteiger partial charge >= 0.3 is 11.9 Å². The first kappa shape index (κ1) is 14.2. The second-order valence-electron chi connectivity index (χ2n) is 4.23. The zero-order valence-electron chi connectivity index (χ0n) is 11.1. The molecule has 18 heavy (non-hydrogen) atoms. The van der Waals surface area contributed by atoms with Crippen molar-refractivity contribution in [2.24, 2.45) is 0 Å². The lowest BCUT2D eigenvalue weighted by molar-refractivity contribution is -0.134. The maximum absolute atomic E-state index is 11.9. The molecule has 1 aromatic rings. The van der Waals surface area contributed by atoms with E-state index in [0.717, 1.165) is 5.56 Å². The third-order valence-corrected chi connectivity index (χ3v) is 2.28. The number of hydrogen-bond acceptors (Lipinski definition) is 4. The van der Waals surface area contributed by atoms with Crippen LogP contribution in [-0.2, 0) is 9.53 Å². The summed E-state index contributed by atoms with van der Waals surface area (Å²) in [7, 11) is 0. The Morgan fingerprint density at radius 1 is 1.28 bits per heavy atom. The summed E-state index contributed by atoms with van der Waals surface area (Å²) in [5, 5.41) is 0. The molecule has 0 aliphatic carbocycles. The zero-order valence-corrected chi connectivity index (χ0v) is 11.1. The summed E-state index contributed by atoms with van der Waals surface area (Å²) in [6, 6.07) is 5.11. The highest BCUT2D eigenvalue weighted by molar-refractivity contribution is 5.94. The summed E-state index contributed by atoms with van der Waals surface area (Å²) in [5.74, 6) is -0.564. The first-order valence-electron chi connectivity index (χ1n) is 5.97. The lowest BCUT2D eigenvalue weighted by Crippen LogP contribution is -2.15. The van der Waals surface area contributed by atoms with Crippen LogP contribution in [0.25, 0.3) is 0 Å². The van der Waals surface area contributed by atoms with Crippen LogP contribution in [-0.4, -0.2) is 18.0 Å². The minimum Gasteiger partial charge on any atom is -0.459 e. The van der Waals surface area contributed by atoms with E-state index in [4.69, 9.17) is 9.47 Å². The Labute approximate surface area is 107 Å². The molecule has 0 saturated carbocycles. The standard InChI is InChI=1S/C14H18O4/c1-5-12(15)18-13-10(4)7-6-8-11(13)14(16)17-9(2)3/h6-9H,5H2,1-4H3. The fourth-order valence-electron chi connectivity index (χ4n) is 1.41. The molecule has 0 saturated heterocycles. The summed E-state index contributed by atoms with van der Waals surface area (Å²) in [4.78, 5) is 23.2. The van der Waals surface area contributed by atoms with E-state index in [2.05, 4.69) is 0 Å². The van der Waals surface area contributed by atoms with Crippen LogP contribution in [0.3, 0.4) is 0 Å². The summed E-state index contributed by atoms with van der Waals surface area (Å²) in [6.07, 6.45) is 0.0419. The minimum atomic E-state index is -0.479. The Hall–Kier alpha value is -1.84. The number of carbonyl (C=O) groups is 2. The van der Waals surface area contributed by atoms with Gasteiger partial charge in [0.25, 0.3) is 0 Å². The highest BCUT2D eigenvalue weighted by atomic mass is 16.6. The predicted molar refractivity (Wildman–Crippen MR) is 67.7 cm³/mol. The van der Waals surface area contributed by atoms with Gasteiger partial charge in [-0.1, -0.05) is 19.1 Å². The van der Waals surface area contributed by atoms with Gasteiger partial charge in [0.2, 0.25) is 0 Å². The molecule has 4 nitrogen and oxygen atoms in total. The topological polar surface area (TPSA) is 52.6 Å². The van der Waals surface area contributed by atoms with Gasteiger partial charge in [-0.2, -0.15) is 0 Å². The maximum atomic E-state index is 11.9. The van der Waals surface area contributed by atoms with Gasteiger partial charge in [0.05, 0.1) is 6.10 Å². The van der Waals surface area contributed by atoms with Crippen molar-refractivity contribution in [3.63, 3.8) is 0 Å². The van der Waals surface area contributed by atoms with Gasteiger partial charge in [-0.15, -0.1) is 0 Å². The van der Waals surface area contributed by atoms with Crippen LogP contribution in [0.5, 0.6) is 5.75 Å². The number of carbonyl (C=O) groups excluding carboxylic acids is 2.